The smallest absolute Gasteiger partial charge is 0.257 e. The third-order valence-electron chi connectivity index (χ3n) is 5.34. The maximum absolute atomic E-state index is 14.6. The van der Waals surface area contributed by atoms with Crippen LogP contribution in [-0.2, 0) is 16.4 Å². The van der Waals surface area contributed by atoms with Crippen molar-refractivity contribution < 1.29 is 31.1 Å². The molecule has 1 aliphatic rings. The van der Waals surface area contributed by atoms with Crippen LogP contribution in [0.4, 0.5) is 24.5 Å². The Bertz CT molecular complexity index is 1400. The molecular formula is C23H23ClF3N5O4S. The first-order chi connectivity index (χ1) is 17.4. The van der Waals surface area contributed by atoms with Crippen LogP contribution in [0.25, 0.3) is 0 Å². The highest BCUT2D eigenvalue weighted by Crippen LogP contribution is 2.25. The summed E-state index contributed by atoms with van der Waals surface area (Å²) in [6.07, 6.45) is 1.17. The molecule has 1 aromatic carbocycles. The van der Waals surface area contributed by atoms with Crippen molar-refractivity contribution in [1.29, 1.82) is 0 Å². The number of H-pyrrole nitrogens is 1. The molecule has 1 fully saturated rings. The number of rotatable bonds is 10. The van der Waals surface area contributed by atoms with E-state index in [0.717, 1.165) is 6.26 Å². The minimum atomic E-state index is -3.53. The molecule has 0 radical (unpaired) electrons. The van der Waals surface area contributed by atoms with E-state index in [1.54, 1.807) is 4.90 Å². The van der Waals surface area contributed by atoms with E-state index < -0.39 is 28.2 Å². The fraction of sp³-hybridized carbons (Fsp3) is 0.304. The van der Waals surface area contributed by atoms with E-state index in [1.807, 2.05) is 0 Å². The van der Waals surface area contributed by atoms with Gasteiger partial charge in [-0.15, -0.1) is 0 Å². The normalized spacial score (nSPS) is 14.4. The molecule has 2 aromatic heterocycles. The van der Waals surface area contributed by atoms with Crippen molar-refractivity contribution in [2.75, 3.05) is 35.9 Å². The van der Waals surface area contributed by atoms with Gasteiger partial charge in [0.2, 0.25) is 10.0 Å². The van der Waals surface area contributed by atoms with E-state index in [4.69, 9.17) is 16.3 Å². The maximum atomic E-state index is 14.6. The van der Waals surface area contributed by atoms with Gasteiger partial charge in [-0.1, -0.05) is 11.6 Å². The van der Waals surface area contributed by atoms with Crippen molar-refractivity contribution in [3.63, 3.8) is 0 Å². The lowest BCUT2D eigenvalue weighted by Crippen LogP contribution is -2.55. The predicted molar refractivity (Wildman–Crippen MR) is 133 cm³/mol. The first kappa shape index (κ1) is 26.8. The second-order valence-corrected chi connectivity index (χ2v) is 10.8. The highest BCUT2D eigenvalue weighted by atomic mass is 35.5. The van der Waals surface area contributed by atoms with Crippen molar-refractivity contribution in [1.82, 2.24) is 14.9 Å². The first-order valence-electron chi connectivity index (χ1n) is 11.0. The Hall–Kier alpha value is -3.29. The van der Waals surface area contributed by atoms with Crippen LogP contribution in [0.1, 0.15) is 21.7 Å². The number of hydrogen-bond acceptors (Lipinski definition) is 6. The van der Waals surface area contributed by atoms with Crippen LogP contribution in [0.3, 0.4) is 0 Å². The maximum Gasteiger partial charge on any atom is 0.257 e. The Morgan fingerprint density at radius 2 is 1.97 bits per heavy atom. The predicted octanol–water partition coefficient (Wildman–Crippen LogP) is 3.74. The van der Waals surface area contributed by atoms with Crippen molar-refractivity contribution in [3.8, 4) is 5.75 Å². The fourth-order valence-corrected chi connectivity index (χ4v) is 4.55. The third kappa shape index (κ3) is 7.60. The average Bonchev–Trinajstić information content (AvgIpc) is 3.21. The Balaban J connectivity index is 1.35. The standard InChI is InChI=1S/C23H23ClF3N5O4S/c1-37(34,35)31-17-4-14(24)3-16(5-17)30-23(33)13-2-15(28-8-13)6-21-20(25)7-18(9-29-21)36-19-10-32(11-19)12-22(26)27/h2-5,7-9,19,22,28,31H,6,10-12H2,1H3,(H,30,33). The topological polar surface area (TPSA) is 116 Å². The Morgan fingerprint density at radius 3 is 2.65 bits per heavy atom. The summed E-state index contributed by atoms with van der Waals surface area (Å²) in [6.45, 7) is 0.361. The van der Waals surface area contributed by atoms with Gasteiger partial charge >= 0.3 is 0 Å². The van der Waals surface area contributed by atoms with E-state index in [0.29, 0.717) is 18.8 Å². The highest BCUT2D eigenvalue weighted by Gasteiger charge is 2.30. The van der Waals surface area contributed by atoms with Gasteiger partial charge in [0.15, 0.2) is 0 Å². The largest absolute Gasteiger partial charge is 0.486 e. The summed E-state index contributed by atoms with van der Waals surface area (Å²) in [6, 6.07) is 7.01. The summed E-state index contributed by atoms with van der Waals surface area (Å²) in [5.74, 6) is -0.888. The van der Waals surface area contributed by atoms with Gasteiger partial charge in [0.05, 0.1) is 35.9 Å². The SMILES string of the molecule is CS(=O)(=O)Nc1cc(Cl)cc(NC(=O)c2c[nH]c(Cc3ncc(OC4CN(CC(F)F)C4)cc3F)c2)c1. The number of nitrogens with one attached hydrogen (secondary N) is 3. The van der Waals surface area contributed by atoms with Crippen LogP contribution in [-0.4, -0.2) is 67.6 Å². The van der Waals surface area contributed by atoms with E-state index in [1.165, 1.54) is 42.7 Å². The van der Waals surface area contributed by atoms with Gasteiger partial charge in [0.1, 0.15) is 17.7 Å². The zero-order valence-corrected chi connectivity index (χ0v) is 21.0. The lowest BCUT2D eigenvalue weighted by molar-refractivity contribution is -0.0167. The van der Waals surface area contributed by atoms with Gasteiger partial charge in [-0.25, -0.2) is 21.6 Å². The molecule has 9 nitrogen and oxygen atoms in total. The summed E-state index contributed by atoms with van der Waals surface area (Å²) >= 11 is 6.02. The van der Waals surface area contributed by atoms with Gasteiger partial charge in [-0.3, -0.25) is 19.4 Å². The van der Waals surface area contributed by atoms with Gasteiger partial charge in [-0.05, 0) is 24.3 Å². The number of amides is 1. The minimum Gasteiger partial charge on any atom is -0.486 e. The van der Waals surface area contributed by atoms with Crippen LogP contribution in [0.2, 0.25) is 5.02 Å². The fourth-order valence-electron chi connectivity index (χ4n) is 3.77. The highest BCUT2D eigenvalue weighted by molar-refractivity contribution is 7.92. The number of alkyl halides is 2. The number of nitrogens with zero attached hydrogens (tertiary/aromatic N) is 2. The molecule has 1 saturated heterocycles. The van der Waals surface area contributed by atoms with Gasteiger partial charge in [-0.2, -0.15) is 0 Å². The molecule has 0 bridgehead atoms. The van der Waals surface area contributed by atoms with Crippen LogP contribution in [0, 0.1) is 5.82 Å². The van der Waals surface area contributed by atoms with Crippen LogP contribution < -0.4 is 14.8 Å². The van der Waals surface area contributed by atoms with Crippen molar-refractivity contribution in [3.05, 3.63) is 70.5 Å². The minimum absolute atomic E-state index is 0.0740. The zero-order valence-electron chi connectivity index (χ0n) is 19.5. The van der Waals surface area contributed by atoms with Gasteiger partial charge in [0.25, 0.3) is 12.3 Å². The molecular weight excluding hydrogens is 535 g/mol. The van der Waals surface area contributed by atoms with Crippen LogP contribution in [0.15, 0.2) is 42.7 Å². The Kier molecular flexibility index (Phi) is 7.95. The summed E-state index contributed by atoms with van der Waals surface area (Å²) in [5, 5.41) is 2.85. The summed E-state index contributed by atoms with van der Waals surface area (Å²) < 4.78 is 70.1. The second kappa shape index (κ2) is 11.0. The summed E-state index contributed by atoms with van der Waals surface area (Å²) in [5.41, 5.74) is 1.37. The number of benzene rings is 1. The number of ether oxygens (including phenoxy) is 1. The zero-order chi connectivity index (χ0) is 26.7. The molecule has 0 unspecified atom stereocenters. The number of halogens is 4. The van der Waals surface area contributed by atoms with Gasteiger partial charge in [0, 0.05) is 48.2 Å². The quantitative estimate of drug-likeness (QED) is 0.350. The van der Waals surface area contributed by atoms with Gasteiger partial charge < -0.3 is 15.0 Å². The Labute approximate surface area is 216 Å². The number of carbonyl (C=O) groups excluding carboxylic acids is 1. The van der Waals surface area contributed by atoms with E-state index in [-0.39, 0.29) is 52.5 Å². The molecule has 1 amide bonds. The molecule has 3 heterocycles. The summed E-state index contributed by atoms with van der Waals surface area (Å²) in [7, 11) is -3.53. The average molecular weight is 558 g/mol. The molecule has 14 heteroatoms. The number of hydrogen-bond donors (Lipinski definition) is 3. The van der Waals surface area contributed by atoms with Crippen molar-refractivity contribution >= 4 is 38.9 Å². The molecule has 1 aliphatic heterocycles. The first-order valence-corrected chi connectivity index (χ1v) is 13.3. The third-order valence-corrected chi connectivity index (χ3v) is 6.16. The van der Waals surface area contributed by atoms with Crippen LogP contribution in [0.5, 0.6) is 5.75 Å². The Morgan fingerprint density at radius 1 is 1.24 bits per heavy atom. The molecule has 0 spiro atoms. The molecule has 198 valence electrons. The summed E-state index contributed by atoms with van der Waals surface area (Å²) in [4.78, 5) is 21.2. The molecule has 3 N–H and O–H groups in total. The molecule has 0 saturated carbocycles. The molecule has 3 aromatic rings. The monoisotopic (exact) mass is 557 g/mol. The van der Waals surface area contributed by atoms with E-state index in [9.17, 15) is 26.4 Å². The van der Waals surface area contributed by atoms with Crippen molar-refractivity contribution in [2.24, 2.45) is 0 Å². The van der Waals surface area contributed by atoms with Crippen molar-refractivity contribution in [2.45, 2.75) is 19.0 Å². The number of anilines is 2. The molecule has 4 rings (SSSR count). The van der Waals surface area contributed by atoms with E-state index >= 15 is 0 Å². The number of aromatic nitrogens is 2. The lowest BCUT2D eigenvalue weighted by Gasteiger charge is -2.38. The number of pyridine rings is 1. The number of aromatic amines is 1. The second-order valence-electron chi connectivity index (χ2n) is 8.60. The van der Waals surface area contributed by atoms with E-state index in [2.05, 4.69) is 20.0 Å². The van der Waals surface area contributed by atoms with Crippen LogP contribution >= 0.6 is 11.6 Å². The number of sulfonamides is 1. The molecule has 0 aliphatic carbocycles. The lowest BCUT2D eigenvalue weighted by atomic mass is 10.1. The number of carbonyl (C=O) groups is 1. The molecule has 37 heavy (non-hydrogen) atoms. The number of likely N-dealkylation sites (tertiary alicyclic amines) is 1. The molecule has 0 atom stereocenters.